The fourth-order valence-electron chi connectivity index (χ4n) is 1.93. The van der Waals surface area contributed by atoms with Crippen molar-refractivity contribution in [3.8, 4) is 0 Å². The lowest BCUT2D eigenvalue weighted by atomic mass is 10.1. The summed E-state index contributed by atoms with van der Waals surface area (Å²) >= 11 is 1.74. The molecule has 1 heterocycles. The Morgan fingerprint density at radius 2 is 2.00 bits per heavy atom. The van der Waals surface area contributed by atoms with E-state index in [-0.39, 0.29) is 16.7 Å². The molecule has 1 unspecified atom stereocenters. The summed E-state index contributed by atoms with van der Waals surface area (Å²) in [4.78, 5) is 14.0. The highest BCUT2D eigenvalue weighted by Gasteiger charge is 2.40. The lowest BCUT2D eigenvalue weighted by Gasteiger charge is -2.32. The molecule has 0 saturated carbocycles. The van der Waals surface area contributed by atoms with Gasteiger partial charge in [0, 0.05) is 17.7 Å². The summed E-state index contributed by atoms with van der Waals surface area (Å²) in [5, 5.41) is 0.573. The molecular formula is C12H21NOS. The molecule has 1 amide bonds. The van der Waals surface area contributed by atoms with Gasteiger partial charge in [-0.2, -0.15) is 0 Å². The van der Waals surface area contributed by atoms with Crippen LogP contribution in [-0.4, -0.2) is 26.8 Å². The molecule has 1 fully saturated rings. The van der Waals surface area contributed by atoms with E-state index in [0.717, 1.165) is 12.1 Å². The van der Waals surface area contributed by atoms with Crippen molar-refractivity contribution >= 4 is 17.7 Å². The first-order valence-electron chi connectivity index (χ1n) is 5.41. The first kappa shape index (κ1) is 12.6. The Bertz CT molecular complexity index is 278. The Kier molecular flexibility index (Phi) is 3.54. The van der Waals surface area contributed by atoms with E-state index in [4.69, 9.17) is 0 Å². The molecule has 0 bridgehead atoms. The zero-order valence-corrected chi connectivity index (χ0v) is 11.1. The number of allylic oxidation sites excluding steroid dienone is 1. The van der Waals surface area contributed by atoms with Gasteiger partial charge in [-0.25, -0.2) is 0 Å². The van der Waals surface area contributed by atoms with E-state index in [2.05, 4.69) is 41.2 Å². The van der Waals surface area contributed by atoms with Gasteiger partial charge in [0.1, 0.15) is 0 Å². The molecule has 0 aromatic rings. The van der Waals surface area contributed by atoms with Crippen molar-refractivity contribution in [1.82, 2.24) is 4.90 Å². The summed E-state index contributed by atoms with van der Waals surface area (Å²) in [6, 6.07) is 0. The summed E-state index contributed by atoms with van der Waals surface area (Å²) in [6.07, 6.45) is 0.805. The first-order valence-corrected chi connectivity index (χ1v) is 6.35. The van der Waals surface area contributed by atoms with Gasteiger partial charge in [-0.05, 0) is 26.0 Å². The number of likely N-dealkylation sites (tertiary alicyclic amines) is 1. The van der Waals surface area contributed by atoms with E-state index in [1.807, 2.05) is 4.90 Å². The predicted molar refractivity (Wildman–Crippen MR) is 66.9 cm³/mol. The molecule has 15 heavy (non-hydrogen) atoms. The van der Waals surface area contributed by atoms with Crippen molar-refractivity contribution in [2.75, 3.05) is 0 Å². The Balaban J connectivity index is 2.80. The SMILES string of the molecule is C=C1CC(SC(C)C)C(=O)N1C(C)(C)C. The lowest BCUT2D eigenvalue weighted by Crippen LogP contribution is -2.42. The monoisotopic (exact) mass is 227 g/mol. The molecule has 2 nitrogen and oxygen atoms in total. The summed E-state index contributed by atoms with van der Waals surface area (Å²) in [5.41, 5.74) is 0.825. The van der Waals surface area contributed by atoms with Crippen LogP contribution in [0.1, 0.15) is 41.0 Å². The Morgan fingerprint density at radius 3 is 2.33 bits per heavy atom. The Hall–Kier alpha value is -0.440. The Morgan fingerprint density at radius 1 is 1.47 bits per heavy atom. The fourth-order valence-corrected chi connectivity index (χ4v) is 3.10. The molecule has 3 heteroatoms. The van der Waals surface area contributed by atoms with Gasteiger partial charge in [0.25, 0.3) is 0 Å². The molecule has 1 rings (SSSR count). The van der Waals surface area contributed by atoms with Gasteiger partial charge in [0.15, 0.2) is 0 Å². The summed E-state index contributed by atoms with van der Waals surface area (Å²) < 4.78 is 0. The van der Waals surface area contributed by atoms with Crippen molar-refractivity contribution in [2.45, 2.75) is 57.1 Å². The largest absolute Gasteiger partial charge is 0.311 e. The smallest absolute Gasteiger partial charge is 0.240 e. The second-order valence-corrected chi connectivity index (χ2v) is 7.07. The molecule has 1 saturated heterocycles. The standard InChI is InChI=1S/C12H21NOS/c1-8(2)15-10-7-9(3)13(11(10)14)12(4,5)6/h8,10H,3,7H2,1-2,4-6H3. The van der Waals surface area contributed by atoms with E-state index < -0.39 is 0 Å². The molecule has 0 aromatic carbocycles. The van der Waals surface area contributed by atoms with Crippen molar-refractivity contribution in [2.24, 2.45) is 0 Å². The van der Waals surface area contributed by atoms with Crippen LogP contribution in [0.15, 0.2) is 12.3 Å². The predicted octanol–water partition coefficient (Wildman–Crippen LogP) is 3.04. The summed E-state index contributed by atoms with van der Waals surface area (Å²) in [7, 11) is 0. The van der Waals surface area contributed by atoms with Crippen LogP contribution in [0.25, 0.3) is 0 Å². The number of carbonyl (C=O) groups excluding carboxylic acids is 1. The number of nitrogens with zero attached hydrogens (tertiary/aromatic N) is 1. The summed E-state index contributed by atoms with van der Waals surface area (Å²) in [6.45, 7) is 14.4. The van der Waals surface area contributed by atoms with Gasteiger partial charge in [-0.1, -0.05) is 20.4 Å². The van der Waals surface area contributed by atoms with Gasteiger partial charge in [-0.3, -0.25) is 4.79 Å². The van der Waals surface area contributed by atoms with Gasteiger partial charge >= 0.3 is 0 Å². The van der Waals surface area contributed by atoms with E-state index >= 15 is 0 Å². The van der Waals surface area contributed by atoms with Crippen LogP contribution < -0.4 is 0 Å². The number of carbonyl (C=O) groups is 1. The molecule has 1 atom stereocenters. The molecule has 1 aliphatic rings. The minimum atomic E-state index is -0.138. The number of hydrogen-bond acceptors (Lipinski definition) is 2. The van der Waals surface area contributed by atoms with Crippen molar-refractivity contribution in [1.29, 1.82) is 0 Å². The normalized spacial score (nSPS) is 23.1. The molecule has 0 N–H and O–H groups in total. The highest BCUT2D eigenvalue weighted by molar-refractivity contribution is 8.01. The maximum atomic E-state index is 12.1. The molecule has 86 valence electrons. The van der Waals surface area contributed by atoms with E-state index in [1.54, 1.807) is 11.8 Å². The van der Waals surface area contributed by atoms with E-state index in [0.29, 0.717) is 5.25 Å². The summed E-state index contributed by atoms with van der Waals surface area (Å²) in [5.74, 6) is 0.228. The second kappa shape index (κ2) is 4.20. The van der Waals surface area contributed by atoms with Gasteiger partial charge in [-0.15, -0.1) is 11.8 Å². The second-order valence-electron chi connectivity index (χ2n) is 5.29. The minimum Gasteiger partial charge on any atom is -0.311 e. The highest BCUT2D eigenvalue weighted by Crippen LogP contribution is 2.36. The van der Waals surface area contributed by atoms with Crippen molar-refractivity contribution in [3.63, 3.8) is 0 Å². The van der Waals surface area contributed by atoms with Crippen molar-refractivity contribution in [3.05, 3.63) is 12.3 Å². The number of rotatable bonds is 2. The van der Waals surface area contributed by atoms with Crippen LogP contribution in [0, 0.1) is 0 Å². The third-order valence-corrected chi connectivity index (χ3v) is 3.58. The van der Waals surface area contributed by atoms with E-state index in [1.165, 1.54) is 0 Å². The topological polar surface area (TPSA) is 20.3 Å². The Labute approximate surface area is 97.1 Å². The average Bonchev–Trinajstić information content (AvgIpc) is 2.23. The van der Waals surface area contributed by atoms with Crippen molar-refractivity contribution < 1.29 is 4.79 Å². The molecule has 1 aliphatic heterocycles. The molecule has 0 aromatic heterocycles. The lowest BCUT2D eigenvalue weighted by molar-refractivity contribution is -0.129. The number of hydrogen-bond donors (Lipinski definition) is 0. The van der Waals surface area contributed by atoms with Gasteiger partial charge in [0.05, 0.1) is 5.25 Å². The van der Waals surface area contributed by atoms with Crippen LogP contribution in [0.4, 0.5) is 0 Å². The third-order valence-electron chi connectivity index (χ3n) is 2.34. The van der Waals surface area contributed by atoms with Crippen LogP contribution in [0.2, 0.25) is 0 Å². The number of thioether (sulfide) groups is 1. The van der Waals surface area contributed by atoms with Crippen LogP contribution >= 0.6 is 11.8 Å². The first-order chi connectivity index (χ1) is 6.73. The third kappa shape index (κ3) is 2.77. The zero-order chi connectivity index (χ0) is 11.8. The maximum absolute atomic E-state index is 12.1. The van der Waals surface area contributed by atoms with Gasteiger partial charge < -0.3 is 4.90 Å². The van der Waals surface area contributed by atoms with Crippen LogP contribution in [0.5, 0.6) is 0 Å². The number of amides is 1. The minimum absolute atomic E-state index is 0.0803. The van der Waals surface area contributed by atoms with Crippen LogP contribution in [0.3, 0.4) is 0 Å². The quantitative estimate of drug-likeness (QED) is 0.722. The molecule has 0 spiro atoms. The maximum Gasteiger partial charge on any atom is 0.240 e. The van der Waals surface area contributed by atoms with Gasteiger partial charge in [0.2, 0.25) is 5.91 Å². The van der Waals surface area contributed by atoms with Crippen LogP contribution in [-0.2, 0) is 4.79 Å². The molecular weight excluding hydrogens is 206 g/mol. The molecule has 0 radical (unpaired) electrons. The average molecular weight is 227 g/mol. The highest BCUT2D eigenvalue weighted by atomic mass is 32.2. The molecule has 0 aliphatic carbocycles. The van der Waals surface area contributed by atoms with E-state index in [9.17, 15) is 4.79 Å². The fraction of sp³-hybridized carbons (Fsp3) is 0.750. The zero-order valence-electron chi connectivity index (χ0n) is 10.3.